The van der Waals surface area contributed by atoms with Gasteiger partial charge in [0.1, 0.15) is 0 Å². The number of methoxy groups -OCH3 is 1. The number of anilines is 1. The first kappa shape index (κ1) is 11.6. The van der Waals surface area contributed by atoms with Crippen LogP contribution in [0.5, 0.6) is 5.88 Å². The molecule has 1 fully saturated rings. The molecule has 0 bridgehead atoms. The van der Waals surface area contributed by atoms with E-state index in [0.29, 0.717) is 11.9 Å². The molecule has 1 aliphatic heterocycles. The van der Waals surface area contributed by atoms with Gasteiger partial charge in [0.25, 0.3) is 0 Å². The molecular formula is C11H16BrN3O. The van der Waals surface area contributed by atoms with E-state index < -0.39 is 0 Å². The van der Waals surface area contributed by atoms with Crippen molar-refractivity contribution in [3.8, 4) is 5.88 Å². The van der Waals surface area contributed by atoms with Crippen molar-refractivity contribution in [2.45, 2.75) is 25.3 Å². The van der Waals surface area contributed by atoms with Gasteiger partial charge in [-0.25, -0.2) is 4.98 Å². The minimum absolute atomic E-state index is 0.501. The van der Waals surface area contributed by atoms with Crippen molar-refractivity contribution in [2.24, 2.45) is 0 Å². The Kier molecular flexibility index (Phi) is 3.98. The summed E-state index contributed by atoms with van der Waals surface area (Å²) in [4.78, 5) is 11.0. The standard InChI is InChI=1S/C11H16BrN3O/c1-16-10-5-6-13-11(14-10)15-7-3-2-4-9(15)8-12/h5-6,9H,2-4,7-8H2,1H3. The number of halogens is 1. The van der Waals surface area contributed by atoms with Crippen molar-refractivity contribution in [1.82, 2.24) is 9.97 Å². The van der Waals surface area contributed by atoms with Gasteiger partial charge in [0.15, 0.2) is 0 Å². The van der Waals surface area contributed by atoms with Crippen LogP contribution in [0.3, 0.4) is 0 Å². The van der Waals surface area contributed by atoms with Crippen molar-refractivity contribution in [2.75, 3.05) is 23.9 Å². The van der Waals surface area contributed by atoms with E-state index in [1.54, 1.807) is 19.4 Å². The SMILES string of the molecule is COc1ccnc(N2CCCCC2CBr)n1. The zero-order valence-corrected chi connectivity index (χ0v) is 11.0. The Morgan fingerprint density at radius 2 is 2.44 bits per heavy atom. The molecule has 1 saturated heterocycles. The van der Waals surface area contributed by atoms with E-state index in [-0.39, 0.29) is 0 Å². The number of rotatable bonds is 3. The molecule has 88 valence electrons. The molecule has 16 heavy (non-hydrogen) atoms. The van der Waals surface area contributed by atoms with Crippen molar-refractivity contribution in [1.29, 1.82) is 0 Å². The molecule has 0 N–H and O–H groups in total. The van der Waals surface area contributed by atoms with Crippen LogP contribution in [0.2, 0.25) is 0 Å². The molecule has 5 heteroatoms. The van der Waals surface area contributed by atoms with Crippen LogP contribution in [0.4, 0.5) is 5.95 Å². The van der Waals surface area contributed by atoms with Gasteiger partial charge < -0.3 is 9.64 Å². The lowest BCUT2D eigenvalue weighted by molar-refractivity contribution is 0.394. The average Bonchev–Trinajstić information content (AvgIpc) is 2.38. The highest BCUT2D eigenvalue weighted by atomic mass is 79.9. The number of aromatic nitrogens is 2. The Labute approximate surface area is 104 Å². The second-order valence-electron chi connectivity index (χ2n) is 3.90. The van der Waals surface area contributed by atoms with E-state index in [0.717, 1.165) is 17.8 Å². The number of alkyl halides is 1. The largest absolute Gasteiger partial charge is 0.481 e. The van der Waals surface area contributed by atoms with Crippen LogP contribution in [0, 0.1) is 0 Å². The van der Waals surface area contributed by atoms with E-state index in [4.69, 9.17) is 4.74 Å². The molecule has 4 nitrogen and oxygen atoms in total. The normalized spacial score (nSPS) is 20.9. The maximum absolute atomic E-state index is 5.13. The van der Waals surface area contributed by atoms with Crippen LogP contribution in [-0.4, -0.2) is 35.0 Å². The molecule has 0 aromatic carbocycles. The first-order valence-electron chi connectivity index (χ1n) is 5.55. The molecule has 0 radical (unpaired) electrons. The van der Waals surface area contributed by atoms with Gasteiger partial charge in [-0.05, 0) is 19.3 Å². The van der Waals surface area contributed by atoms with Crippen LogP contribution >= 0.6 is 15.9 Å². The number of ether oxygens (including phenoxy) is 1. The summed E-state index contributed by atoms with van der Waals surface area (Å²) >= 11 is 3.56. The minimum Gasteiger partial charge on any atom is -0.481 e. The molecule has 0 aliphatic carbocycles. The first-order valence-corrected chi connectivity index (χ1v) is 6.67. The molecule has 1 aliphatic rings. The van der Waals surface area contributed by atoms with Crippen molar-refractivity contribution in [3.63, 3.8) is 0 Å². The van der Waals surface area contributed by atoms with Crippen LogP contribution in [0.1, 0.15) is 19.3 Å². The lowest BCUT2D eigenvalue weighted by Crippen LogP contribution is -2.41. The summed E-state index contributed by atoms with van der Waals surface area (Å²) in [7, 11) is 1.63. The molecule has 0 spiro atoms. The van der Waals surface area contributed by atoms with Crippen LogP contribution in [-0.2, 0) is 0 Å². The molecule has 1 unspecified atom stereocenters. The van der Waals surface area contributed by atoms with E-state index in [2.05, 4.69) is 30.8 Å². The van der Waals surface area contributed by atoms with E-state index in [9.17, 15) is 0 Å². The topological polar surface area (TPSA) is 38.2 Å². The fraction of sp³-hybridized carbons (Fsp3) is 0.636. The Morgan fingerprint density at radius 3 is 3.19 bits per heavy atom. The van der Waals surface area contributed by atoms with Gasteiger partial charge in [-0.2, -0.15) is 4.98 Å². The van der Waals surface area contributed by atoms with Crippen molar-refractivity contribution >= 4 is 21.9 Å². The number of piperidine rings is 1. The highest BCUT2D eigenvalue weighted by Crippen LogP contribution is 2.23. The third-order valence-electron chi connectivity index (χ3n) is 2.89. The molecule has 0 amide bonds. The lowest BCUT2D eigenvalue weighted by Gasteiger charge is -2.34. The summed E-state index contributed by atoms with van der Waals surface area (Å²) in [6.07, 6.45) is 5.45. The fourth-order valence-corrected chi connectivity index (χ4v) is 2.68. The summed E-state index contributed by atoms with van der Waals surface area (Å²) < 4.78 is 5.13. The summed E-state index contributed by atoms with van der Waals surface area (Å²) in [5.74, 6) is 1.41. The van der Waals surface area contributed by atoms with E-state index in [1.165, 1.54) is 19.3 Å². The smallest absolute Gasteiger partial charge is 0.228 e. The summed E-state index contributed by atoms with van der Waals surface area (Å²) in [6, 6.07) is 2.28. The third-order valence-corrected chi connectivity index (χ3v) is 3.64. The molecule has 0 saturated carbocycles. The zero-order chi connectivity index (χ0) is 11.4. The fourth-order valence-electron chi connectivity index (χ4n) is 2.01. The van der Waals surface area contributed by atoms with Gasteiger partial charge in [0, 0.05) is 30.2 Å². The second kappa shape index (κ2) is 5.48. The van der Waals surface area contributed by atoms with Crippen LogP contribution < -0.4 is 9.64 Å². The minimum atomic E-state index is 0.501. The van der Waals surface area contributed by atoms with Gasteiger partial charge in [-0.1, -0.05) is 15.9 Å². The summed E-state index contributed by atoms with van der Waals surface area (Å²) in [6.45, 7) is 1.03. The highest BCUT2D eigenvalue weighted by molar-refractivity contribution is 9.09. The highest BCUT2D eigenvalue weighted by Gasteiger charge is 2.23. The predicted molar refractivity (Wildman–Crippen MR) is 67.4 cm³/mol. The monoisotopic (exact) mass is 285 g/mol. The van der Waals surface area contributed by atoms with Gasteiger partial charge >= 0.3 is 0 Å². The molecular weight excluding hydrogens is 270 g/mol. The molecule has 1 atom stereocenters. The Bertz CT molecular complexity index is 348. The first-order chi connectivity index (χ1) is 7.85. The predicted octanol–water partition coefficient (Wildman–Crippen LogP) is 2.24. The van der Waals surface area contributed by atoms with Gasteiger partial charge in [-0.15, -0.1) is 0 Å². The van der Waals surface area contributed by atoms with Gasteiger partial charge in [0.05, 0.1) is 7.11 Å². The number of hydrogen-bond acceptors (Lipinski definition) is 4. The lowest BCUT2D eigenvalue weighted by atomic mass is 10.0. The van der Waals surface area contributed by atoms with Crippen molar-refractivity contribution in [3.05, 3.63) is 12.3 Å². The Balaban J connectivity index is 2.20. The molecule has 1 aromatic heterocycles. The van der Waals surface area contributed by atoms with E-state index >= 15 is 0 Å². The summed E-state index contributed by atoms with van der Waals surface area (Å²) in [5, 5.41) is 0.966. The maximum atomic E-state index is 5.13. The van der Waals surface area contributed by atoms with Crippen LogP contribution in [0.25, 0.3) is 0 Å². The third kappa shape index (κ3) is 2.45. The molecule has 2 heterocycles. The average molecular weight is 286 g/mol. The number of nitrogens with zero attached hydrogens (tertiary/aromatic N) is 3. The Hall–Kier alpha value is -0.840. The molecule has 2 rings (SSSR count). The van der Waals surface area contributed by atoms with Crippen molar-refractivity contribution < 1.29 is 4.74 Å². The number of hydrogen-bond donors (Lipinski definition) is 0. The quantitative estimate of drug-likeness (QED) is 0.799. The van der Waals surface area contributed by atoms with Gasteiger partial charge in [-0.3, -0.25) is 0 Å². The second-order valence-corrected chi connectivity index (χ2v) is 4.54. The summed E-state index contributed by atoms with van der Waals surface area (Å²) in [5.41, 5.74) is 0. The Morgan fingerprint density at radius 1 is 1.56 bits per heavy atom. The molecule has 1 aromatic rings. The maximum Gasteiger partial charge on any atom is 0.228 e. The van der Waals surface area contributed by atoms with Crippen LogP contribution in [0.15, 0.2) is 12.3 Å². The zero-order valence-electron chi connectivity index (χ0n) is 9.40. The van der Waals surface area contributed by atoms with Gasteiger partial charge in [0.2, 0.25) is 11.8 Å². The van der Waals surface area contributed by atoms with E-state index in [1.807, 2.05) is 0 Å².